The molecule has 154 valence electrons. The first kappa shape index (κ1) is 22.6. The number of aliphatic carboxylic acids is 1. The molecule has 0 saturated carbocycles. The molecule has 0 aliphatic rings. The Morgan fingerprint density at radius 1 is 1.17 bits per heavy atom. The van der Waals surface area contributed by atoms with Crippen molar-refractivity contribution >= 4 is 45.6 Å². The van der Waals surface area contributed by atoms with Crippen molar-refractivity contribution in [2.75, 3.05) is 18.6 Å². The summed E-state index contributed by atoms with van der Waals surface area (Å²) in [5.74, 6) is -1.71. The normalized spacial score (nSPS) is 11.5. The van der Waals surface area contributed by atoms with Crippen molar-refractivity contribution in [3.8, 4) is 5.75 Å². The molecule has 0 aliphatic carbocycles. The van der Waals surface area contributed by atoms with Crippen LogP contribution in [0.4, 0.5) is 5.00 Å². The van der Waals surface area contributed by atoms with E-state index in [9.17, 15) is 14.4 Å². The fourth-order valence-corrected chi connectivity index (χ4v) is 3.87. The van der Waals surface area contributed by atoms with Gasteiger partial charge in [-0.3, -0.25) is 14.5 Å². The molecular weight excluding hydrogens is 414 g/mol. The second kappa shape index (κ2) is 9.24. The van der Waals surface area contributed by atoms with Crippen molar-refractivity contribution in [2.24, 2.45) is 5.41 Å². The largest absolute Gasteiger partial charge is 0.496 e. The van der Waals surface area contributed by atoms with E-state index in [0.717, 1.165) is 23.5 Å². The number of nitrogens with zero attached hydrogens (tertiary/aromatic N) is 1. The molecule has 29 heavy (non-hydrogen) atoms. The molecule has 2 rings (SSSR count). The number of rotatable bonds is 7. The molecule has 1 amide bonds. The first-order valence-corrected chi connectivity index (χ1v) is 9.92. The number of amides is 1. The number of halogens is 1. The summed E-state index contributed by atoms with van der Waals surface area (Å²) in [5, 5.41) is 9.22. The Bertz CT molecular complexity index is 958. The van der Waals surface area contributed by atoms with Crippen LogP contribution in [0.3, 0.4) is 0 Å². The molecule has 0 fully saturated rings. The van der Waals surface area contributed by atoms with Gasteiger partial charge in [0, 0.05) is 18.7 Å². The third kappa shape index (κ3) is 5.92. The highest BCUT2D eigenvalue weighted by atomic mass is 35.5. The van der Waals surface area contributed by atoms with E-state index in [1.54, 1.807) is 24.3 Å². The third-order valence-corrected chi connectivity index (χ3v) is 5.08. The average Bonchev–Trinajstić information content (AvgIpc) is 3.04. The Labute approximate surface area is 178 Å². The molecule has 0 atom stereocenters. The maximum absolute atomic E-state index is 13.2. The number of anilines is 1. The van der Waals surface area contributed by atoms with E-state index in [4.69, 9.17) is 21.4 Å². The van der Waals surface area contributed by atoms with Crippen LogP contribution in [0, 0.1) is 5.41 Å². The molecular formula is C21H22ClNO5S. The van der Waals surface area contributed by atoms with Crippen LogP contribution in [0.25, 0.3) is 0 Å². The number of hydrogen-bond donors (Lipinski definition) is 1. The first-order valence-electron chi connectivity index (χ1n) is 8.73. The minimum Gasteiger partial charge on any atom is -0.496 e. The summed E-state index contributed by atoms with van der Waals surface area (Å²) in [7, 11) is 1.47. The number of hydrogen-bond acceptors (Lipinski definition) is 5. The number of carbonyl (C=O) groups excluding carboxylic acids is 2. The van der Waals surface area contributed by atoms with Crippen molar-refractivity contribution in [2.45, 2.75) is 20.8 Å². The van der Waals surface area contributed by atoms with Crippen molar-refractivity contribution < 1.29 is 24.2 Å². The van der Waals surface area contributed by atoms with Gasteiger partial charge < -0.3 is 9.84 Å². The summed E-state index contributed by atoms with van der Waals surface area (Å²) >= 11 is 7.29. The number of methoxy groups -OCH3 is 1. The van der Waals surface area contributed by atoms with Gasteiger partial charge in [-0.05, 0) is 23.6 Å². The van der Waals surface area contributed by atoms with Crippen molar-refractivity contribution in [3.63, 3.8) is 0 Å². The molecule has 1 aromatic carbocycles. The van der Waals surface area contributed by atoms with E-state index in [-0.39, 0.29) is 23.3 Å². The van der Waals surface area contributed by atoms with Crippen LogP contribution in [0.15, 0.2) is 42.5 Å². The smallest absolute Gasteiger partial charge is 0.328 e. The maximum atomic E-state index is 13.2. The van der Waals surface area contributed by atoms with E-state index < -0.39 is 11.9 Å². The van der Waals surface area contributed by atoms with Crippen molar-refractivity contribution in [1.82, 2.24) is 0 Å². The molecule has 6 nitrogen and oxygen atoms in total. The van der Waals surface area contributed by atoms with Gasteiger partial charge in [-0.2, -0.15) is 0 Å². The zero-order valence-electron chi connectivity index (χ0n) is 16.6. The number of carboxylic acid groups (broad SMARTS) is 1. The SMILES string of the molecule is COc1ccccc1C(=O)c1cc(Cl)sc1N(CC(C)(C)C)C(=O)/C=C/C(=O)O. The summed E-state index contributed by atoms with van der Waals surface area (Å²) in [6, 6.07) is 8.30. The fraction of sp³-hybridized carbons (Fsp3) is 0.286. The zero-order valence-corrected chi connectivity index (χ0v) is 18.1. The molecule has 1 N–H and O–H groups in total. The second-order valence-electron chi connectivity index (χ2n) is 7.46. The van der Waals surface area contributed by atoms with E-state index in [1.807, 2.05) is 20.8 Å². The Morgan fingerprint density at radius 3 is 2.41 bits per heavy atom. The lowest BCUT2D eigenvalue weighted by Crippen LogP contribution is -2.37. The van der Waals surface area contributed by atoms with E-state index in [1.165, 1.54) is 18.1 Å². The minimum absolute atomic E-state index is 0.255. The van der Waals surface area contributed by atoms with Gasteiger partial charge in [-0.15, -0.1) is 11.3 Å². The van der Waals surface area contributed by atoms with Gasteiger partial charge in [0.1, 0.15) is 10.8 Å². The standard InChI is InChI=1S/C21H22ClNO5S/c1-21(2,3)12-23(17(24)9-10-18(25)26)20-14(11-16(22)29-20)19(27)13-7-5-6-8-15(13)28-4/h5-11H,12H2,1-4H3,(H,25,26)/b10-9+. The number of benzene rings is 1. The van der Waals surface area contributed by atoms with E-state index >= 15 is 0 Å². The van der Waals surface area contributed by atoms with Gasteiger partial charge in [-0.1, -0.05) is 44.5 Å². The molecule has 0 spiro atoms. The van der Waals surface area contributed by atoms with Crippen molar-refractivity contribution in [1.29, 1.82) is 0 Å². The zero-order chi connectivity index (χ0) is 21.8. The molecule has 1 heterocycles. The van der Waals surface area contributed by atoms with Crippen LogP contribution in [0.2, 0.25) is 4.34 Å². The lowest BCUT2D eigenvalue weighted by Gasteiger charge is -2.29. The third-order valence-electron chi connectivity index (χ3n) is 3.79. The molecule has 2 aromatic rings. The summed E-state index contributed by atoms with van der Waals surface area (Å²) in [5.41, 5.74) is 0.286. The number of ether oxygens (including phenoxy) is 1. The highest BCUT2D eigenvalue weighted by Gasteiger charge is 2.29. The fourth-order valence-electron chi connectivity index (χ4n) is 2.65. The van der Waals surface area contributed by atoms with Crippen LogP contribution in [-0.2, 0) is 9.59 Å². The predicted octanol–water partition coefficient (Wildman–Crippen LogP) is 4.66. The maximum Gasteiger partial charge on any atom is 0.328 e. The molecule has 0 saturated heterocycles. The molecule has 0 unspecified atom stereocenters. The number of carboxylic acids is 1. The van der Waals surface area contributed by atoms with Gasteiger partial charge in [-0.25, -0.2) is 4.79 Å². The van der Waals surface area contributed by atoms with Gasteiger partial charge in [0.15, 0.2) is 5.78 Å². The highest BCUT2D eigenvalue weighted by Crippen LogP contribution is 2.38. The van der Waals surface area contributed by atoms with Gasteiger partial charge >= 0.3 is 5.97 Å². The Balaban J connectivity index is 2.57. The van der Waals surface area contributed by atoms with Crippen LogP contribution in [-0.4, -0.2) is 36.4 Å². The topological polar surface area (TPSA) is 83.9 Å². The quantitative estimate of drug-likeness (QED) is 0.505. The van der Waals surface area contributed by atoms with Crippen LogP contribution in [0.5, 0.6) is 5.75 Å². The summed E-state index contributed by atoms with van der Waals surface area (Å²) in [6.45, 7) is 6.07. The summed E-state index contributed by atoms with van der Waals surface area (Å²) < 4.78 is 5.62. The van der Waals surface area contributed by atoms with Gasteiger partial charge in [0.25, 0.3) is 5.91 Å². The van der Waals surface area contributed by atoms with Crippen LogP contribution < -0.4 is 9.64 Å². The Kier molecular flexibility index (Phi) is 7.21. The minimum atomic E-state index is -1.23. The Hall–Kier alpha value is -2.64. The van der Waals surface area contributed by atoms with Gasteiger partial charge in [0.2, 0.25) is 0 Å². The number of thiophene rings is 1. The second-order valence-corrected chi connectivity index (χ2v) is 9.12. The van der Waals surface area contributed by atoms with Crippen molar-refractivity contribution in [3.05, 3.63) is 57.9 Å². The average molecular weight is 436 g/mol. The number of carbonyl (C=O) groups is 3. The highest BCUT2D eigenvalue weighted by molar-refractivity contribution is 7.20. The molecule has 8 heteroatoms. The lowest BCUT2D eigenvalue weighted by molar-refractivity contribution is -0.131. The van der Waals surface area contributed by atoms with Crippen LogP contribution in [0.1, 0.15) is 36.7 Å². The predicted molar refractivity (Wildman–Crippen MR) is 114 cm³/mol. The lowest BCUT2D eigenvalue weighted by atomic mass is 9.95. The Morgan fingerprint density at radius 2 is 1.83 bits per heavy atom. The molecule has 0 aliphatic heterocycles. The van der Waals surface area contributed by atoms with E-state index in [2.05, 4.69) is 0 Å². The molecule has 1 aromatic heterocycles. The molecule has 0 bridgehead atoms. The van der Waals surface area contributed by atoms with Gasteiger partial charge in [0.05, 0.1) is 22.6 Å². The molecule has 0 radical (unpaired) electrons. The summed E-state index contributed by atoms with van der Waals surface area (Å²) in [4.78, 5) is 38.2. The monoisotopic (exact) mass is 435 g/mol. The number of para-hydroxylation sites is 1. The van der Waals surface area contributed by atoms with E-state index in [0.29, 0.717) is 20.7 Å². The van der Waals surface area contributed by atoms with Crippen LogP contribution >= 0.6 is 22.9 Å². The number of ketones is 1. The summed E-state index contributed by atoms with van der Waals surface area (Å²) in [6.07, 6.45) is 1.74. The first-order chi connectivity index (χ1) is 13.5.